The zero-order chi connectivity index (χ0) is 15.2. The second kappa shape index (κ2) is 7.08. The van der Waals surface area contributed by atoms with Crippen molar-refractivity contribution < 1.29 is 4.79 Å². The van der Waals surface area contributed by atoms with Gasteiger partial charge in [0.15, 0.2) is 5.16 Å². The SMILES string of the molecule is CCCc1cc(=O)[nH]c(SC(C(N)=O)c2ccccc2)n1. The van der Waals surface area contributed by atoms with Crippen LogP contribution in [0.5, 0.6) is 0 Å². The Hall–Kier alpha value is -2.08. The Bertz CT molecular complexity index is 670. The molecule has 0 saturated carbocycles. The van der Waals surface area contributed by atoms with Crippen LogP contribution >= 0.6 is 11.8 Å². The maximum absolute atomic E-state index is 11.7. The minimum absolute atomic E-state index is 0.216. The molecule has 1 aromatic carbocycles. The first-order valence-corrected chi connectivity index (χ1v) is 7.59. The van der Waals surface area contributed by atoms with Gasteiger partial charge in [0.25, 0.3) is 5.56 Å². The Morgan fingerprint density at radius 3 is 2.71 bits per heavy atom. The standard InChI is InChI=1S/C15H17N3O2S/c1-2-6-11-9-12(19)18-15(17-11)21-13(14(16)20)10-7-4-3-5-8-10/h3-5,7-9,13H,2,6H2,1H3,(H2,16,20)(H,17,18,19). The smallest absolute Gasteiger partial charge is 0.251 e. The summed E-state index contributed by atoms with van der Waals surface area (Å²) in [5.41, 5.74) is 6.77. The summed E-state index contributed by atoms with van der Waals surface area (Å²) in [6.45, 7) is 2.02. The number of thioether (sulfide) groups is 1. The third-order valence-electron chi connectivity index (χ3n) is 2.87. The van der Waals surface area contributed by atoms with Crippen molar-refractivity contribution in [3.05, 3.63) is 58.0 Å². The topological polar surface area (TPSA) is 88.8 Å². The molecule has 2 rings (SSSR count). The first-order valence-electron chi connectivity index (χ1n) is 6.71. The van der Waals surface area contributed by atoms with Gasteiger partial charge in [0.05, 0.1) is 0 Å². The summed E-state index contributed by atoms with van der Waals surface area (Å²) in [4.78, 5) is 30.4. The van der Waals surface area contributed by atoms with Gasteiger partial charge < -0.3 is 10.7 Å². The number of benzene rings is 1. The minimum atomic E-state index is -0.578. The predicted octanol–water partition coefficient (Wildman–Crippen LogP) is 2.04. The van der Waals surface area contributed by atoms with E-state index in [2.05, 4.69) is 9.97 Å². The summed E-state index contributed by atoms with van der Waals surface area (Å²) in [5.74, 6) is -0.463. The Labute approximate surface area is 127 Å². The fraction of sp³-hybridized carbons (Fsp3) is 0.267. The number of carbonyl (C=O) groups excluding carboxylic acids is 1. The molecule has 110 valence electrons. The summed E-state index contributed by atoms with van der Waals surface area (Å²) in [7, 11) is 0. The van der Waals surface area contributed by atoms with E-state index in [9.17, 15) is 9.59 Å². The molecule has 0 radical (unpaired) electrons. The summed E-state index contributed by atoms with van der Waals surface area (Å²) >= 11 is 1.16. The van der Waals surface area contributed by atoms with Crippen LogP contribution < -0.4 is 11.3 Å². The average Bonchev–Trinajstić information content (AvgIpc) is 2.45. The molecule has 0 aliphatic heterocycles. The molecule has 21 heavy (non-hydrogen) atoms. The first-order chi connectivity index (χ1) is 10.1. The number of aromatic nitrogens is 2. The molecule has 0 aliphatic carbocycles. The van der Waals surface area contributed by atoms with Gasteiger partial charge in [-0.25, -0.2) is 4.98 Å². The van der Waals surface area contributed by atoms with Crippen molar-refractivity contribution in [1.29, 1.82) is 0 Å². The van der Waals surface area contributed by atoms with Crippen molar-refractivity contribution in [2.24, 2.45) is 5.73 Å². The van der Waals surface area contributed by atoms with Gasteiger partial charge in [-0.05, 0) is 12.0 Å². The second-order valence-corrected chi connectivity index (χ2v) is 5.70. The summed E-state index contributed by atoms with van der Waals surface area (Å²) in [6.07, 6.45) is 1.63. The highest BCUT2D eigenvalue weighted by molar-refractivity contribution is 8.00. The number of nitrogens with two attached hydrogens (primary N) is 1. The molecule has 0 aliphatic rings. The molecule has 6 heteroatoms. The number of nitrogens with one attached hydrogen (secondary N) is 1. The Morgan fingerprint density at radius 2 is 2.10 bits per heavy atom. The number of hydrogen-bond donors (Lipinski definition) is 2. The van der Waals surface area contributed by atoms with E-state index in [0.29, 0.717) is 5.16 Å². The highest BCUT2D eigenvalue weighted by atomic mass is 32.2. The Morgan fingerprint density at radius 1 is 1.38 bits per heavy atom. The van der Waals surface area contributed by atoms with Crippen molar-refractivity contribution >= 4 is 17.7 Å². The van der Waals surface area contributed by atoms with Crippen molar-refractivity contribution in [3.63, 3.8) is 0 Å². The Kier molecular flexibility index (Phi) is 5.16. The van der Waals surface area contributed by atoms with Crippen LogP contribution in [-0.4, -0.2) is 15.9 Å². The lowest BCUT2D eigenvalue weighted by molar-refractivity contribution is -0.117. The number of amides is 1. The van der Waals surface area contributed by atoms with Gasteiger partial charge in [0, 0.05) is 11.8 Å². The van der Waals surface area contributed by atoms with Gasteiger partial charge in [-0.3, -0.25) is 9.59 Å². The number of carbonyl (C=O) groups is 1. The summed E-state index contributed by atoms with van der Waals surface area (Å²) < 4.78 is 0. The predicted molar refractivity (Wildman–Crippen MR) is 83.1 cm³/mol. The van der Waals surface area contributed by atoms with Crippen molar-refractivity contribution in [2.45, 2.75) is 30.2 Å². The number of hydrogen-bond acceptors (Lipinski definition) is 4. The number of H-pyrrole nitrogens is 1. The van der Waals surface area contributed by atoms with E-state index < -0.39 is 11.2 Å². The van der Waals surface area contributed by atoms with E-state index in [0.717, 1.165) is 35.9 Å². The highest BCUT2D eigenvalue weighted by Crippen LogP contribution is 2.32. The molecular weight excluding hydrogens is 286 g/mol. The summed E-state index contributed by atoms with van der Waals surface area (Å²) in [6, 6.07) is 10.7. The zero-order valence-corrected chi connectivity index (χ0v) is 12.5. The van der Waals surface area contributed by atoms with E-state index in [-0.39, 0.29) is 5.56 Å². The lowest BCUT2D eigenvalue weighted by atomic mass is 10.1. The molecule has 5 nitrogen and oxygen atoms in total. The van der Waals surface area contributed by atoms with Crippen LogP contribution in [0.4, 0.5) is 0 Å². The molecule has 1 amide bonds. The molecule has 0 spiro atoms. The number of nitrogens with zero attached hydrogens (tertiary/aromatic N) is 1. The normalized spacial score (nSPS) is 12.0. The van der Waals surface area contributed by atoms with Gasteiger partial charge >= 0.3 is 0 Å². The molecule has 1 atom stereocenters. The summed E-state index contributed by atoms with van der Waals surface area (Å²) in [5, 5.41) is -0.162. The third kappa shape index (κ3) is 4.19. The van der Waals surface area contributed by atoms with Crippen LogP contribution in [0.25, 0.3) is 0 Å². The molecule has 0 saturated heterocycles. The van der Waals surface area contributed by atoms with E-state index in [4.69, 9.17) is 5.73 Å². The van der Waals surface area contributed by atoms with Crippen LogP contribution in [0.2, 0.25) is 0 Å². The highest BCUT2D eigenvalue weighted by Gasteiger charge is 2.20. The van der Waals surface area contributed by atoms with Gasteiger partial charge in [0.1, 0.15) is 5.25 Å². The second-order valence-electron chi connectivity index (χ2n) is 4.60. The van der Waals surface area contributed by atoms with Crippen LogP contribution in [0.3, 0.4) is 0 Å². The van der Waals surface area contributed by atoms with Gasteiger partial charge in [0.2, 0.25) is 5.91 Å². The van der Waals surface area contributed by atoms with Crippen LogP contribution in [0.1, 0.15) is 29.9 Å². The monoisotopic (exact) mass is 303 g/mol. The van der Waals surface area contributed by atoms with E-state index in [1.807, 2.05) is 37.3 Å². The molecule has 1 unspecified atom stereocenters. The molecule has 0 bridgehead atoms. The Balaban J connectivity index is 2.29. The molecule has 2 aromatic rings. The van der Waals surface area contributed by atoms with Gasteiger partial charge in [-0.1, -0.05) is 55.4 Å². The fourth-order valence-electron chi connectivity index (χ4n) is 1.95. The van der Waals surface area contributed by atoms with E-state index >= 15 is 0 Å². The number of primary amides is 1. The van der Waals surface area contributed by atoms with Crippen LogP contribution in [0, 0.1) is 0 Å². The van der Waals surface area contributed by atoms with Crippen molar-refractivity contribution in [2.75, 3.05) is 0 Å². The molecule has 3 N–H and O–H groups in total. The zero-order valence-electron chi connectivity index (χ0n) is 11.7. The quantitative estimate of drug-likeness (QED) is 0.631. The minimum Gasteiger partial charge on any atom is -0.368 e. The largest absolute Gasteiger partial charge is 0.368 e. The molecule has 0 fully saturated rings. The van der Waals surface area contributed by atoms with Crippen molar-refractivity contribution in [3.8, 4) is 0 Å². The number of aromatic amines is 1. The first kappa shape index (κ1) is 15.3. The van der Waals surface area contributed by atoms with Gasteiger partial charge in [-0.15, -0.1) is 0 Å². The van der Waals surface area contributed by atoms with E-state index in [1.54, 1.807) is 0 Å². The van der Waals surface area contributed by atoms with Crippen molar-refractivity contribution in [1.82, 2.24) is 9.97 Å². The maximum atomic E-state index is 11.7. The van der Waals surface area contributed by atoms with E-state index in [1.165, 1.54) is 6.07 Å². The van der Waals surface area contributed by atoms with Crippen LogP contribution in [0.15, 0.2) is 46.3 Å². The maximum Gasteiger partial charge on any atom is 0.251 e. The fourth-order valence-corrected chi connectivity index (χ4v) is 2.92. The lowest BCUT2D eigenvalue weighted by Crippen LogP contribution is -2.20. The number of rotatable bonds is 6. The molecular formula is C15H17N3O2S. The number of aryl methyl sites for hydroxylation is 1. The molecule has 1 heterocycles. The lowest BCUT2D eigenvalue weighted by Gasteiger charge is -2.13. The molecule has 1 aromatic heterocycles. The third-order valence-corrected chi connectivity index (χ3v) is 4.03. The van der Waals surface area contributed by atoms with Crippen LogP contribution in [-0.2, 0) is 11.2 Å². The van der Waals surface area contributed by atoms with Gasteiger partial charge in [-0.2, -0.15) is 0 Å². The average molecular weight is 303 g/mol.